The first kappa shape index (κ1) is 10.9. The van der Waals surface area contributed by atoms with E-state index in [2.05, 4.69) is 17.6 Å². The summed E-state index contributed by atoms with van der Waals surface area (Å²) in [5.74, 6) is 0. The molecule has 1 atom stereocenters. The molecule has 0 aliphatic carbocycles. The Kier molecular flexibility index (Phi) is 3.09. The maximum absolute atomic E-state index is 10.5. The van der Waals surface area contributed by atoms with Crippen LogP contribution < -0.4 is 0 Å². The molecule has 0 amide bonds. The van der Waals surface area contributed by atoms with Crippen molar-refractivity contribution in [2.45, 2.75) is 12.2 Å². The highest BCUT2D eigenvalue weighted by Crippen LogP contribution is 2.35. The van der Waals surface area contributed by atoms with E-state index >= 15 is 0 Å². The third-order valence-corrected chi connectivity index (χ3v) is 2.82. The summed E-state index contributed by atoms with van der Waals surface area (Å²) < 4.78 is 0. The summed E-state index contributed by atoms with van der Waals surface area (Å²) in [6, 6.07) is 11.8. The van der Waals surface area contributed by atoms with Crippen LogP contribution >= 0.6 is 12.6 Å². The molecule has 0 fully saturated rings. The van der Waals surface area contributed by atoms with Crippen LogP contribution in [-0.2, 0) is 4.79 Å². The van der Waals surface area contributed by atoms with Crippen LogP contribution in [0.2, 0.25) is 0 Å². The van der Waals surface area contributed by atoms with Gasteiger partial charge in [0, 0.05) is 10.6 Å². The Morgan fingerprint density at radius 3 is 2.69 bits per heavy atom. The van der Waals surface area contributed by atoms with Gasteiger partial charge < -0.3 is 0 Å². The van der Waals surface area contributed by atoms with Gasteiger partial charge in [-0.15, -0.1) is 0 Å². The number of nitrogens with zero attached hydrogens (tertiary/aromatic N) is 1. The first-order valence-electron chi connectivity index (χ1n) is 5.01. The van der Waals surface area contributed by atoms with Gasteiger partial charge in [-0.2, -0.15) is 17.6 Å². The Hall–Kier alpha value is -1.57. The van der Waals surface area contributed by atoms with E-state index < -0.39 is 0 Å². The number of thiol groups is 1. The Morgan fingerprint density at radius 1 is 1.25 bits per heavy atom. The van der Waals surface area contributed by atoms with E-state index in [1.54, 1.807) is 6.08 Å². The van der Waals surface area contributed by atoms with Crippen molar-refractivity contribution in [1.82, 2.24) is 0 Å². The van der Waals surface area contributed by atoms with Crippen molar-refractivity contribution in [3.05, 3.63) is 42.0 Å². The van der Waals surface area contributed by atoms with Crippen molar-refractivity contribution in [2.75, 3.05) is 0 Å². The maximum atomic E-state index is 10.5. The lowest BCUT2D eigenvalue weighted by atomic mass is 10.0. The lowest BCUT2D eigenvalue weighted by Gasteiger charge is -2.10. The average Bonchev–Trinajstić information content (AvgIpc) is 2.29. The molecule has 0 radical (unpaired) electrons. The highest BCUT2D eigenvalue weighted by Gasteiger charge is 2.09. The Balaban J connectivity index is 2.84. The molecule has 0 aliphatic rings. The third kappa shape index (κ3) is 1.87. The number of hydrogen-bond donors (Lipinski definition) is 1. The predicted molar refractivity (Wildman–Crippen MR) is 69.1 cm³/mol. The largest absolute Gasteiger partial charge is 0.240 e. The number of hydrogen-bond acceptors (Lipinski definition) is 3. The second-order valence-corrected chi connectivity index (χ2v) is 4.38. The molecule has 0 spiro atoms. The number of aliphatic imine (C=N–C) groups is 1. The molecule has 0 saturated carbocycles. The van der Waals surface area contributed by atoms with Gasteiger partial charge in [0.15, 0.2) is 0 Å². The van der Waals surface area contributed by atoms with E-state index in [9.17, 15) is 4.79 Å². The zero-order chi connectivity index (χ0) is 11.5. The second kappa shape index (κ2) is 4.52. The maximum Gasteiger partial charge on any atom is 0.240 e. The highest BCUT2D eigenvalue weighted by atomic mass is 32.1. The lowest BCUT2D eigenvalue weighted by molar-refractivity contribution is 0.565. The minimum Gasteiger partial charge on any atom is -0.211 e. The molecule has 0 N–H and O–H groups in total. The fourth-order valence-corrected chi connectivity index (χ4v) is 1.99. The molecule has 1 unspecified atom stereocenters. The number of fused-ring (bicyclic) bond motifs is 1. The zero-order valence-corrected chi connectivity index (χ0v) is 9.74. The zero-order valence-electron chi connectivity index (χ0n) is 8.84. The van der Waals surface area contributed by atoms with E-state index in [1.807, 2.05) is 43.3 Å². The summed E-state index contributed by atoms with van der Waals surface area (Å²) in [4.78, 5) is 14.3. The van der Waals surface area contributed by atoms with Crippen molar-refractivity contribution in [3.8, 4) is 0 Å². The molecule has 2 aromatic rings. The van der Waals surface area contributed by atoms with E-state index in [0.29, 0.717) is 5.69 Å². The molecule has 3 heteroatoms. The number of rotatable bonds is 2. The number of carbonyl (C=O) groups excluding carboxylic acids is 1. The molecular weight excluding hydrogens is 218 g/mol. The predicted octanol–water partition coefficient (Wildman–Crippen LogP) is 3.80. The topological polar surface area (TPSA) is 29.4 Å². The molecule has 2 rings (SSSR count). The van der Waals surface area contributed by atoms with E-state index in [-0.39, 0.29) is 5.25 Å². The van der Waals surface area contributed by atoms with Gasteiger partial charge in [0.05, 0.1) is 5.69 Å². The minimum absolute atomic E-state index is 0.0386. The Morgan fingerprint density at radius 2 is 2.00 bits per heavy atom. The molecule has 0 aliphatic heterocycles. The molecular formula is C13H11NOS. The van der Waals surface area contributed by atoms with Gasteiger partial charge in [-0.05, 0) is 17.9 Å². The van der Waals surface area contributed by atoms with Gasteiger partial charge in [0.2, 0.25) is 6.08 Å². The van der Waals surface area contributed by atoms with Crippen molar-refractivity contribution in [3.63, 3.8) is 0 Å². The van der Waals surface area contributed by atoms with Crippen molar-refractivity contribution in [2.24, 2.45) is 4.99 Å². The summed E-state index contributed by atoms with van der Waals surface area (Å²) in [6.07, 6.45) is 1.61. The van der Waals surface area contributed by atoms with Gasteiger partial charge in [-0.3, -0.25) is 0 Å². The van der Waals surface area contributed by atoms with Crippen LogP contribution in [0.1, 0.15) is 17.7 Å². The third-order valence-electron chi connectivity index (χ3n) is 2.54. The van der Waals surface area contributed by atoms with Crippen molar-refractivity contribution >= 4 is 35.2 Å². The van der Waals surface area contributed by atoms with Gasteiger partial charge in [0.1, 0.15) is 0 Å². The first-order valence-corrected chi connectivity index (χ1v) is 5.53. The molecule has 0 bridgehead atoms. The SMILES string of the molecule is CC(S)c1ccc2ccccc2c1N=C=O. The standard InChI is InChI=1S/C13H11NOS/c1-9(16)11-7-6-10-4-2-3-5-12(10)13(11)14-8-15/h2-7,9,16H,1H3. The van der Waals surface area contributed by atoms with Crippen LogP contribution in [0.15, 0.2) is 41.4 Å². The average molecular weight is 229 g/mol. The summed E-state index contributed by atoms with van der Waals surface area (Å²) in [5.41, 5.74) is 1.63. The van der Waals surface area contributed by atoms with Crippen LogP contribution in [-0.4, -0.2) is 6.08 Å². The normalized spacial score (nSPS) is 12.1. The van der Waals surface area contributed by atoms with E-state index in [1.165, 1.54) is 0 Å². The fraction of sp³-hybridized carbons (Fsp3) is 0.154. The molecule has 0 saturated heterocycles. The van der Waals surface area contributed by atoms with Crippen LogP contribution in [0.25, 0.3) is 10.8 Å². The molecule has 0 aromatic heterocycles. The fourth-order valence-electron chi connectivity index (χ4n) is 1.78. The van der Waals surface area contributed by atoms with Crippen LogP contribution in [0.5, 0.6) is 0 Å². The highest BCUT2D eigenvalue weighted by molar-refractivity contribution is 7.80. The minimum atomic E-state index is 0.0386. The smallest absolute Gasteiger partial charge is 0.211 e. The van der Waals surface area contributed by atoms with Gasteiger partial charge in [-0.1, -0.05) is 36.4 Å². The number of benzene rings is 2. The van der Waals surface area contributed by atoms with Crippen molar-refractivity contribution in [1.29, 1.82) is 0 Å². The Bertz CT molecular complexity index is 571. The molecule has 16 heavy (non-hydrogen) atoms. The van der Waals surface area contributed by atoms with Crippen LogP contribution in [0, 0.1) is 0 Å². The van der Waals surface area contributed by atoms with Gasteiger partial charge >= 0.3 is 0 Å². The van der Waals surface area contributed by atoms with Crippen LogP contribution in [0.4, 0.5) is 5.69 Å². The first-order chi connectivity index (χ1) is 7.74. The van der Waals surface area contributed by atoms with E-state index in [0.717, 1.165) is 16.3 Å². The summed E-state index contributed by atoms with van der Waals surface area (Å²) in [5, 5.41) is 2.06. The molecule has 2 aromatic carbocycles. The molecule has 2 nitrogen and oxygen atoms in total. The second-order valence-electron chi connectivity index (χ2n) is 3.60. The summed E-state index contributed by atoms with van der Waals surface area (Å²) in [6.45, 7) is 1.96. The number of isocyanates is 1. The molecule has 0 heterocycles. The summed E-state index contributed by atoms with van der Waals surface area (Å²) in [7, 11) is 0. The van der Waals surface area contributed by atoms with E-state index in [4.69, 9.17) is 0 Å². The molecule has 80 valence electrons. The monoisotopic (exact) mass is 229 g/mol. The van der Waals surface area contributed by atoms with Crippen molar-refractivity contribution < 1.29 is 4.79 Å². The quantitative estimate of drug-likeness (QED) is 0.474. The van der Waals surface area contributed by atoms with Gasteiger partial charge in [0.25, 0.3) is 0 Å². The Labute approximate surface area is 99.4 Å². The lowest BCUT2D eigenvalue weighted by Crippen LogP contribution is -1.86. The van der Waals surface area contributed by atoms with Gasteiger partial charge in [-0.25, -0.2) is 4.79 Å². The van der Waals surface area contributed by atoms with Crippen LogP contribution in [0.3, 0.4) is 0 Å². The summed E-state index contributed by atoms with van der Waals surface area (Å²) >= 11 is 4.39.